The molecule has 2 N–H and O–H groups in total. The zero-order valence-electron chi connectivity index (χ0n) is 10.2. The lowest BCUT2D eigenvalue weighted by Gasteiger charge is -2.19. The van der Waals surface area contributed by atoms with Gasteiger partial charge in [0.15, 0.2) is 0 Å². The highest BCUT2D eigenvalue weighted by atomic mass is 32.2. The summed E-state index contributed by atoms with van der Waals surface area (Å²) in [5.41, 5.74) is 8.04. The second-order valence-corrected chi connectivity index (χ2v) is 6.27. The molecule has 2 aromatic rings. The number of hydrogen-bond acceptors (Lipinski definition) is 4. The van der Waals surface area contributed by atoms with Gasteiger partial charge in [-0.05, 0) is 42.3 Å². The third-order valence-corrected chi connectivity index (χ3v) is 4.98. The van der Waals surface area contributed by atoms with Gasteiger partial charge in [0.25, 0.3) is 10.0 Å². The first-order chi connectivity index (χ1) is 9.09. The van der Waals surface area contributed by atoms with Crippen LogP contribution in [0, 0.1) is 0 Å². The minimum atomic E-state index is -3.53. The molecule has 1 aromatic heterocycles. The monoisotopic (exact) mass is 275 g/mol. The molecule has 0 radical (unpaired) electrons. The number of aromatic nitrogens is 1. The first kappa shape index (κ1) is 12.0. The standard InChI is InChI=1S/C13H13N3O2S/c14-11-3-4-13-10(8-11)5-7-16(13)19(17,18)12-2-1-6-15-9-12/h1-4,6,8-9H,5,7,14H2. The zero-order chi connectivity index (χ0) is 13.5. The van der Waals surface area contributed by atoms with Crippen molar-refractivity contribution in [3.05, 3.63) is 48.3 Å². The number of sulfonamides is 1. The molecule has 19 heavy (non-hydrogen) atoms. The normalized spacial score (nSPS) is 14.4. The van der Waals surface area contributed by atoms with E-state index in [4.69, 9.17) is 5.73 Å². The van der Waals surface area contributed by atoms with Gasteiger partial charge in [0.05, 0.1) is 5.69 Å². The number of nitrogen functional groups attached to an aromatic ring is 1. The summed E-state index contributed by atoms with van der Waals surface area (Å²) in [6.45, 7) is 0.440. The fourth-order valence-electron chi connectivity index (χ4n) is 2.27. The molecule has 0 bridgehead atoms. The molecule has 1 aliphatic heterocycles. The molecule has 98 valence electrons. The Kier molecular flexibility index (Phi) is 2.67. The van der Waals surface area contributed by atoms with Crippen LogP contribution < -0.4 is 10.0 Å². The van der Waals surface area contributed by atoms with Gasteiger partial charge in [-0.25, -0.2) is 8.42 Å². The van der Waals surface area contributed by atoms with Crippen LogP contribution in [-0.4, -0.2) is 19.9 Å². The molecule has 0 spiro atoms. The third-order valence-electron chi connectivity index (χ3n) is 3.18. The molecule has 0 aliphatic carbocycles. The molecule has 5 nitrogen and oxygen atoms in total. The molecule has 0 fully saturated rings. The van der Waals surface area contributed by atoms with Crippen LogP contribution >= 0.6 is 0 Å². The molecule has 1 aliphatic rings. The van der Waals surface area contributed by atoms with Gasteiger partial charge in [-0.3, -0.25) is 9.29 Å². The zero-order valence-corrected chi connectivity index (χ0v) is 11.0. The number of nitrogens with zero attached hydrogens (tertiary/aromatic N) is 2. The first-order valence-corrected chi connectivity index (χ1v) is 7.34. The van der Waals surface area contributed by atoms with Crippen molar-refractivity contribution in [1.29, 1.82) is 0 Å². The molecular formula is C13H13N3O2S. The van der Waals surface area contributed by atoms with E-state index in [9.17, 15) is 8.42 Å². The minimum Gasteiger partial charge on any atom is -0.399 e. The highest BCUT2D eigenvalue weighted by Gasteiger charge is 2.30. The van der Waals surface area contributed by atoms with E-state index in [1.54, 1.807) is 30.5 Å². The largest absolute Gasteiger partial charge is 0.399 e. The van der Waals surface area contributed by atoms with E-state index in [1.807, 2.05) is 6.07 Å². The predicted octanol–water partition coefficient (Wildman–Crippen LogP) is 1.42. The van der Waals surface area contributed by atoms with Crippen LogP contribution in [0.15, 0.2) is 47.6 Å². The molecule has 3 rings (SSSR count). The van der Waals surface area contributed by atoms with Gasteiger partial charge in [-0.1, -0.05) is 0 Å². The number of benzene rings is 1. The van der Waals surface area contributed by atoms with Crippen molar-refractivity contribution in [2.24, 2.45) is 0 Å². The summed E-state index contributed by atoms with van der Waals surface area (Å²) in [5.74, 6) is 0. The Bertz CT molecular complexity index is 714. The van der Waals surface area contributed by atoms with E-state index < -0.39 is 10.0 Å². The van der Waals surface area contributed by atoms with Crippen LogP contribution in [0.4, 0.5) is 11.4 Å². The number of anilines is 2. The van der Waals surface area contributed by atoms with Gasteiger partial charge in [0.1, 0.15) is 4.90 Å². The minimum absolute atomic E-state index is 0.208. The molecule has 6 heteroatoms. The van der Waals surface area contributed by atoms with E-state index in [0.29, 0.717) is 24.3 Å². The van der Waals surface area contributed by atoms with Gasteiger partial charge >= 0.3 is 0 Å². The summed E-state index contributed by atoms with van der Waals surface area (Å²) >= 11 is 0. The van der Waals surface area contributed by atoms with Crippen molar-refractivity contribution >= 4 is 21.4 Å². The molecule has 0 saturated heterocycles. The van der Waals surface area contributed by atoms with Crippen LogP contribution in [0.25, 0.3) is 0 Å². The number of hydrogen-bond donors (Lipinski definition) is 1. The van der Waals surface area contributed by atoms with Gasteiger partial charge in [-0.2, -0.15) is 0 Å². The van der Waals surface area contributed by atoms with E-state index in [1.165, 1.54) is 10.5 Å². The van der Waals surface area contributed by atoms with Crippen LogP contribution in [0.1, 0.15) is 5.56 Å². The lowest BCUT2D eigenvalue weighted by atomic mass is 10.1. The van der Waals surface area contributed by atoms with Crippen LogP contribution in [-0.2, 0) is 16.4 Å². The molecule has 0 saturated carbocycles. The van der Waals surface area contributed by atoms with Crippen LogP contribution in [0.3, 0.4) is 0 Å². The summed E-state index contributed by atoms with van der Waals surface area (Å²) in [7, 11) is -3.53. The summed E-state index contributed by atoms with van der Waals surface area (Å²) < 4.78 is 26.5. The molecule has 1 aromatic carbocycles. The average Bonchev–Trinajstić information content (AvgIpc) is 2.83. The SMILES string of the molecule is Nc1ccc2c(c1)CCN2S(=O)(=O)c1cccnc1. The van der Waals surface area contributed by atoms with Crippen molar-refractivity contribution in [2.75, 3.05) is 16.6 Å². The number of nitrogens with two attached hydrogens (primary N) is 1. The molecule has 0 unspecified atom stereocenters. The van der Waals surface area contributed by atoms with E-state index in [-0.39, 0.29) is 4.90 Å². The first-order valence-electron chi connectivity index (χ1n) is 5.90. The summed E-state index contributed by atoms with van der Waals surface area (Å²) in [6, 6.07) is 8.47. The maximum atomic E-state index is 12.5. The second-order valence-electron chi connectivity index (χ2n) is 4.40. The van der Waals surface area contributed by atoms with Crippen LogP contribution in [0.2, 0.25) is 0 Å². The Labute approximate surface area is 111 Å². The third kappa shape index (κ3) is 1.94. The van der Waals surface area contributed by atoms with Crippen molar-refractivity contribution in [1.82, 2.24) is 4.98 Å². The summed E-state index contributed by atoms with van der Waals surface area (Å²) in [4.78, 5) is 4.07. The average molecular weight is 275 g/mol. The van der Waals surface area contributed by atoms with Gasteiger partial charge < -0.3 is 5.73 Å². The Balaban J connectivity index is 2.07. The fraction of sp³-hybridized carbons (Fsp3) is 0.154. The maximum Gasteiger partial charge on any atom is 0.265 e. The molecule has 0 atom stereocenters. The lowest BCUT2D eigenvalue weighted by Crippen LogP contribution is -2.29. The highest BCUT2D eigenvalue weighted by Crippen LogP contribution is 2.33. The van der Waals surface area contributed by atoms with Crippen molar-refractivity contribution < 1.29 is 8.42 Å². The van der Waals surface area contributed by atoms with E-state index >= 15 is 0 Å². The Hall–Kier alpha value is -2.08. The Morgan fingerprint density at radius 1 is 1.26 bits per heavy atom. The summed E-state index contributed by atoms with van der Waals surface area (Å²) in [5, 5.41) is 0. The molecule has 2 heterocycles. The number of pyridine rings is 1. The Morgan fingerprint density at radius 2 is 2.11 bits per heavy atom. The maximum absolute atomic E-state index is 12.5. The van der Waals surface area contributed by atoms with Gasteiger partial charge in [0, 0.05) is 24.6 Å². The Morgan fingerprint density at radius 3 is 2.84 bits per heavy atom. The topological polar surface area (TPSA) is 76.3 Å². The fourth-order valence-corrected chi connectivity index (χ4v) is 3.74. The van der Waals surface area contributed by atoms with Crippen molar-refractivity contribution in [3.63, 3.8) is 0 Å². The number of rotatable bonds is 2. The predicted molar refractivity (Wildman–Crippen MR) is 73.3 cm³/mol. The quantitative estimate of drug-likeness (QED) is 0.841. The molecule has 0 amide bonds. The van der Waals surface area contributed by atoms with E-state index in [0.717, 1.165) is 5.56 Å². The second kappa shape index (κ2) is 4.24. The van der Waals surface area contributed by atoms with Gasteiger partial charge in [-0.15, -0.1) is 0 Å². The van der Waals surface area contributed by atoms with E-state index in [2.05, 4.69) is 4.98 Å². The number of fused-ring (bicyclic) bond motifs is 1. The lowest BCUT2D eigenvalue weighted by molar-refractivity contribution is 0.592. The highest BCUT2D eigenvalue weighted by molar-refractivity contribution is 7.92. The van der Waals surface area contributed by atoms with Crippen LogP contribution in [0.5, 0.6) is 0 Å². The van der Waals surface area contributed by atoms with Gasteiger partial charge in [0.2, 0.25) is 0 Å². The van der Waals surface area contributed by atoms with Crippen molar-refractivity contribution in [2.45, 2.75) is 11.3 Å². The van der Waals surface area contributed by atoms with Crippen molar-refractivity contribution in [3.8, 4) is 0 Å². The smallest absolute Gasteiger partial charge is 0.265 e. The molecular weight excluding hydrogens is 262 g/mol. The summed E-state index contributed by atoms with van der Waals surface area (Å²) in [6.07, 6.45) is 3.60.